The fourth-order valence-corrected chi connectivity index (χ4v) is 3.56. The summed E-state index contributed by atoms with van der Waals surface area (Å²) >= 11 is 3.26. The molecule has 0 amide bonds. The van der Waals surface area contributed by atoms with Crippen molar-refractivity contribution in [1.82, 2.24) is 15.1 Å². The Morgan fingerprint density at radius 1 is 1.24 bits per heavy atom. The first kappa shape index (κ1) is 17.2. The summed E-state index contributed by atoms with van der Waals surface area (Å²) in [4.78, 5) is 5.07. The Morgan fingerprint density at radius 3 is 2.62 bits per heavy atom. The van der Waals surface area contributed by atoms with Crippen LogP contribution in [0.1, 0.15) is 12.0 Å². The van der Waals surface area contributed by atoms with Crippen molar-refractivity contribution >= 4 is 28.3 Å². The van der Waals surface area contributed by atoms with Crippen LogP contribution in [0, 0.1) is 5.82 Å². The van der Waals surface area contributed by atoms with Gasteiger partial charge in [-0.05, 0) is 46.6 Å². The van der Waals surface area contributed by atoms with Crippen molar-refractivity contribution in [1.29, 1.82) is 0 Å². The standard InChI is InChI=1S/C15H21BrFN3.ClH/c16-14-9-12(1-2-15(14)17)11-19-5-7-20(8-6-19)13-3-4-18-10-13;/h1-2,9,13,18H,3-8,10-11H2;1H. The normalized spacial score (nSPS) is 24.0. The van der Waals surface area contributed by atoms with Crippen molar-refractivity contribution in [3.8, 4) is 0 Å². The molecule has 1 unspecified atom stereocenters. The third-order valence-corrected chi connectivity index (χ3v) is 4.96. The summed E-state index contributed by atoms with van der Waals surface area (Å²) in [6.07, 6.45) is 1.28. The molecular formula is C15H22BrClFN3. The number of hydrogen-bond acceptors (Lipinski definition) is 3. The lowest BCUT2D eigenvalue weighted by atomic mass is 10.1. The summed E-state index contributed by atoms with van der Waals surface area (Å²) in [5, 5.41) is 3.44. The Kier molecular flexibility index (Phi) is 6.44. The molecule has 2 heterocycles. The van der Waals surface area contributed by atoms with Gasteiger partial charge in [-0.3, -0.25) is 9.80 Å². The van der Waals surface area contributed by atoms with E-state index in [9.17, 15) is 4.39 Å². The summed E-state index contributed by atoms with van der Waals surface area (Å²) in [7, 11) is 0. The van der Waals surface area contributed by atoms with E-state index in [-0.39, 0.29) is 18.2 Å². The highest BCUT2D eigenvalue weighted by Gasteiger charge is 2.25. The summed E-state index contributed by atoms with van der Waals surface area (Å²) < 4.78 is 13.8. The topological polar surface area (TPSA) is 18.5 Å². The number of nitrogens with one attached hydrogen (secondary N) is 1. The van der Waals surface area contributed by atoms with E-state index in [0.29, 0.717) is 4.47 Å². The van der Waals surface area contributed by atoms with E-state index in [1.54, 1.807) is 6.07 Å². The van der Waals surface area contributed by atoms with Gasteiger partial charge in [0.25, 0.3) is 0 Å². The number of hydrogen-bond donors (Lipinski definition) is 1. The van der Waals surface area contributed by atoms with E-state index in [1.165, 1.54) is 12.0 Å². The minimum absolute atomic E-state index is 0. The van der Waals surface area contributed by atoms with E-state index < -0.39 is 0 Å². The van der Waals surface area contributed by atoms with Gasteiger partial charge in [0.15, 0.2) is 0 Å². The molecule has 2 aliphatic heterocycles. The highest BCUT2D eigenvalue weighted by Crippen LogP contribution is 2.19. The van der Waals surface area contributed by atoms with Gasteiger partial charge < -0.3 is 5.32 Å². The number of benzene rings is 1. The quantitative estimate of drug-likeness (QED) is 0.872. The zero-order valence-corrected chi connectivity index (χ0v) is 14.4. The molecule has 2 fully saturated rings. The van der Waals surface area contributed by atoms with Gasteiger partial charge in [0.2, 0.25) is 0 Å². The molecule has 3 rings (SSSR count). The van der Waals surface area contributed by atoms with Crippen molar-refractivity contribution in [2.75, 3.05) is 39.3 Å². The van der Waals surface area contributed by atoms with Crippen molar-refractivity contribution in [2.45, 2.75) is 19.0 Å². The second-order valence-electron chi connectivity index (χ2n) is 5.71. The SMILES string of the molecule is Cl.Fc1ccc(CN2CCN(C3CCNC3)CC2)cc1Br. The maximum Gasteiger partial charge on any atom is 0.137 e. The second kappa shape index (κ2) is 7.88. The lowest BCUT2D eigenvalue weighted by molar-refractivity contribution is 0.0981. The fourth-order valence-electron chi connectivity index (χ4n) is 3.13. The average Bonchev–Trinajstić information content (AvgIpc) is 2.98. The van der Waals surface area contributed by atoms with Gasteiger partial charge in [0, 0.05) is 45.3 Å². The van der Waals surface area contributed by atoms with Crippen molar-refractivity contribution in [2.24, 2.45) is 0 Å². The summed E-state index contributed by atoms with van der Waals surface area (Å²) in [5.41, 5.74) is 1.18. The third kappa shape index (κ3) is 4.39. The summed E-state index contributed by atoms with van der Waals surface area (Å²) in [6.45, 7) is 7.72. The lowest BCUT2D eigenvalue weighted by Crippen LogP contribution is -2.50. The first-order valence-electron chi connectivity index (χ1n) is 7.33. The molecule has 0 radical (unpaired) electrons. The molecule has 2 saturated heterocycles. The van der Waals surface area contributed by atoms with Crippen LogP contribution in [0.5, 0.6) is 0 Å². The molecule has 21 heavy (non-hydrogen) atoms. The molecular weight excluding hydrogens is 357 g/mol. The molecule has 2 aliphatic rings. The van der Waals surface area contributed by atoms with Crippen LogP contribution < -0.4 is 5.32 Å². The van der Waals surface area contributed by atoms with Crippen LogP contribution in [0.3, 0.4) is 0 Å². The van der Waals surface area contributed by atoms with Gasteiger partial charge in [-0.25, -0.2) is 4.39 Å². The number of nitrogens with zero attached hydrogens (tertiary/aromatic N) is 2. The summed E-state index contributed by atoms with van der Waals surface area (Å²) in [5.74, 6) is -0.188. The molecule has 0 aliphatic carbocycles. The molecule has 0 bridgehead atoms. The molecule has 3 nitrogen and oxygen atoms in total. The number of halogens is 3. The van der Waals surface area contributed by atoms with Gasteiger partial charge in [0.05, 0.1) is 4.47 Å². The molecule has 6 heteroatoms. The van der Waals surface area contributed by atoms with Gasteiger partial charge in [-0.1, -0.05) is 6.07 Å². The highest BCUT2D eigenvalue weighted by atomic mass is 79.9. The Labute approximate surface area is 140 Å². The van der Waals surface area contributed by atoms with Crippen LogP contribution in [-0.4, -0.2) is 55.1 Å². The minimum atomic E-state index is -0.188. The highest BCUT2D eigenvalue weighted by molar-refractivity contribution is 9.10. The Hall–Kier alpha value is -0.200. The van der Waals surface area contributed by atoms with Crippen LogP contribution in [0.15, 0.2) is 22.7 Å². The van der Waals surface area contributed by atoms with Gasteiger partial charge in [-0.15, -0.1) is 12.4 Å². The predicted molar refractivity (Wildman–Crippen MR) is 89.5 cm³/mol. The van der Waals surface area contributed by atoms with E-state index in [4.69, 9.17) is 0 Å². The average molecular weight is 379 g/mol. The fraction of sp³-hybridized carbons (Fsp3) is 0.600. The molecule has 118 valence electrons. The molecule has 0 spiro atoms. The summed E-state index contributed by atoms with van der Waals surface area (Å²) in [6, 6.07) is 6.05. The van der Waals surface area contributed by atoms with Crippen LogP contribution in [0.4, 0.5) is 4.39 Å². The lowest BCUT2D eigenvalue weighted by Gasteiger charge is -2.37. The van der Waals surface area contributed by atoms with Gasteiger partial charge in [-0.2, -0.15) is 0 Å². The first-order valence-corrected chi connectivity index (χ1v) is 8.13. The third-order valence-electron chi connectivity index (χ3n) is 4.35. The molecule has 1 aromatic carbocycles. The largest absolute Gasteiger partial charge is 0.315 e. The van der Waals surface area contributed by atoms with Crippen LogP contribution >= 0.6 is 28.3 Å². The minimum Gasteiger partial charge on any atom is -0.315 e. The van der Waals surface area contributed by atoms with Crippen molar-refractivity contribution < 1.29 is 4.39 Å². The maximum atomic E-state index is 13.2. The predicted octanol–water partition coefficient (Wildman–Crippen LogP) is 2.49. The zero-order chi connectivity index (χ0) is 13.9. The maximum absolute atomic E-state index is 13.2. The first-order chi connectivity index (χ1) is 9.72. The number of rotatable bonds is 3. The Morgan fingerprint density at radius 2 is 2.00 bits per heavy atom. The molecule has 0 saturated carbocycles. The van der Waals surface area contributed by atoms with E-state index in [0.717, 1.165) is 51.9 Å². The van der Waals surface area contributed by atoms with Gasteiger partial charge >= 0.3 is 0 Å². The van der Waals surface area contributed by atoms with E-state index >= 15 is 0 Å². The van der Waals surface area contributed by atoms with Crippen LogP contribution in [0.25, 0.3) is 0 Å². The van der Waals surface area contributed by atoms with Crippen LogP contribution in [-0.2, 0) is 6.54 Å². The molecule has 0 aromatic heterocycles. The molecule has 1 N–H and O–H groups in total. The Balaban J connectivity index is 0.00000161. The smallest absolute Gasteiger partial charge is 0.137 e. The monoisotopic (exact) mass is 377 g/mol. The zero-order valence-electron chi connectivity index (χ0n) is 12.0. The molecule has 1 atom stereocenters. The van der Waals surface area contributed by atoms with E-state index in [1.807, 2.05) is 12.1 Å². The van der Waals surface area contributed by atoms with Crippen LogP contribution in [0.2, 0.25) is 0 Å². The number of piperazine rings is 1. The second-order valence-corrected chi connectivity index (χ2v) is 6.56. The van der Waals surface area contributed by atoms with E-state index in [2.05, 4.69) is 31.0 Å². The molecule has 1 aromatic rings. The van der Waals surface area contributed by atoms with Crippen molar-refractivity contribution in [3.63, 3.8) is 0 Å². The Bertz CT molecular complexity index is 460. The van der Waals surface area contributed by atoms with Gasteiger partial charge in [0.1, 0.15) is 5.82 Å². The van der Waals surface area contributed by atoms with Crippen molar-refractivity contribution in [3.05, 3.63) is 34.1 Å².